The molecule has 84 valence electrons. The fourth-order valence-corrected chi connectivity index (χ4v) is 1.28. The summed E-state index contributed by atoms with van der Waals surface area (Å²) in [6.45, 7) is 1.62. The Balaban J connectivity index is 2.98. The number of hydrogen-bond donors (Lipinski definition) is 2. The number of nitrogens with two attached hydrogens (primary N) is 2. The highest BCUT2D eigenvalue weighted by Crippen LogP contribution is 2.18. The molecule has 1 aromatic rings. The van der Waals surface area contributed by atoms with E-state index in [0.717, 1.165) is 5.56 Å². The van der Waals surface area contributed by atoms with Crippen molar-refractivity contribution in [3.63, 3.8) is 0 Å². The molecule has 4 nitrogen and oxygen atoms in total. The second-order valence-electron chi connectivity index (χ2n) is 3.19. The molecule has 0 bridgehead atoms. The standard InChI is InChI=1S/C11H12ClN3O/c1-7(10(16)15-11(13)14)6-8-4-2-3-5-9(8)12/h2-6H,1H3,(H4,13,14,15,16)/b7-6+. The van der Waals surface area contributed by atoms with E-state index in [1.807, 2.05) is 12.1 Å². The highest BCUT2D eigenvalue weighted by Gasteiger charge is 2.04. The Kier molecular flexibility index (Phi) is 4.08. The quantitative estimate of drug-likeness (QED) is 0.465. The van der Waals surface area contributed by atoms with E-state index in [1.54, 1.807) is 25.1 Å². The van der Waals surface area contributed by atoms with Crippen molar-refractivity contribution in [3.8, 4) is 0 Å². The fourth-order valence-electron chi connectivity index (χ4n) is 1.09. The largest absolute Gasteiger partial charge is 0.370 e. The molecular formula is C11H12ClN3O. The first-order valence-corrected chi connectivity index (χ1v) is 4.95. The lowest BCUT2D eigenvalue weighted by atomic mass is 10.1. The molecule has 0 fully saturated rings. The number of benzene rings is 1. The number of carbonyl (C=O) groups is 1. The van der Waals surface area contributed by atoms with Gasteiger partial charge in [0.2, 0.25) is 0 Å². The van der Waals surface area contributed by atoms with Crippen molar-refractivity contribution in [1.29, 1.82) is 0 Å². The van der Waals surface area contributed by atoms with Gasteiger partial charge in [-0.25, -0.2) is 0 Å². The number of guanidine groups is 1. The summed E-state index contributed by atoms with van der Waals surface area (Å²) in [6.07, 6.45) is 1.64. The van der Waals surface area contributed by atoms with Crippen LogP contribution in [0.5, 0.6) is 0 Å². The van der Waals surface area contributed by atoms with Crippen LogP contribution in [0.4, 0.5) is 0 Å². The van der Waals surface area contributed by atoms with E-state index in [1.165, 1.54) is 0 Å². The summed E-state index contributed by atoms with van der Waals surface area (Å²) in [4.78, 5) is 14.8. The first kappa shape index (κ1) is 12.3. The van der Waals surface area contributed by atoms with Crippen LogP contribution in [-0.4, -0.2) is 11.9 Å². The third-order valence-electron chi connectivity index (χ3n) is 1.85. The maximum absolute atomic E-state index is 11.4. The minimum absolute atomic E-state index is 0.253. The monoisotopic (exact) mass is 237 g/mol. The summed E-state index contributed by atoms with van der Waals surface area (Å²) in [5.41, 5.74) is 11.4. The van der Waals surface area contributed by atoms with E-state index < -0.39 is 5.91 Å². The SMILES string of the molecule is C/C(=C\c1ccccc1Cl)C(=O)N=C(N)N. The summed E-state index contributed by atoms with van der Waals surface area (Å²) in [6, 6.07) is 7.18. The van der Waals surface area contributed by atoms with Gasteiger partial charge < -0.3 is 11.5 Å². The van der Waals surface area contributed by atoms with Gasteiger partial charge in [-0.1, -0.05) is 29.8 Å². The van der Waals surface area contributed by atoms with Crippen LogP contribution in [0.1, 0.15) is 12.5 Å². The highest BCUT2D eigenvalue weighted by molar-refractivity contribution is 6.32. The van der Waals surface area contributed by atoms with Crippen LogP contribution in [-0.2, 0) is 4.79 Å². The fraction of sp³-hybridized carbons (Fsp3) is 0.0909. The van der Waals surface area contributed by atoms with Gasteiger partial charge in [0.1, 0.15) is 0 Å². The van der Waals surface area contributed by atoms with Crippen molar-refractivity contribution >= 4 is 29.5 Å². The van der Waals surface area contributed by atoms with Gasteiger partial charge in [-0.15, -0.1) is 0 Å². The Morgan fingerprint density at radius 3 is 2.56 bits per heavy atom. The van der Waals surface area contributed by atoms with Gasteiger partial charge in [0, 0.05) is 10.6 Å². The molecule has 5 heteroatoms. The summed E-state index contributed by atoms with van der Waals surface area (Å²) in [7, 11) is 0. The molecule has 0 heterocycles. The Labute approximate surface area is 98.6 Å². The van der Waals surface area contributed by atoms with Crippen molar-refractivity contribution < 1.29 is 4.79 Å². The average molecular weight is 238 g/mol. The Morgan fingerprint density at radius 1 is 1.38 bits per heavy atom. The van der Waals surface area contributed by atoms with E-state index in [-0.39, 0.29) is 5.96 Å². The van der Waals surface area contributed by atoms with E-state index in [9.17, 15) is 4.79 Å². The first-order valence-electron chi connectivity index (χ1n) is 4.57. The highest BCUT2D eigenvalue weighted by atomic mass is 35.5. The van der Waals surface area contributed by atoms with Crippen molar-refractivity contribution in [2.24, 2.45) is 16.5 Å². The summed E-state index contributed by atoms with van der Waals surface area (Å²) in [5.74, 6) is -0.725. The molecule has 0 atom stereocenters. The molecule has 1 amide bonds. The molecule has 4 N–H and O–H groups in total. The molecule has 0 spiro atoms. The first-order chi connectivity index (χ1) is 7.50. The zero-order valence-electron chi connectivity index (χ0n) is 8.77. The second kappa shape index (κ2) is 5.32. The Hall–Kier alpha value is -1.81. The number of amides is 1. The zero-order chi connectivity index (χ0) is 12.1. The van der Waals surface area contributed by atoms with Gasteiger partial charge >= 0.3 is 0 Å². The maximum atomic E-state index is 11.4. The molecule has 0 saturated heterocycles. The lowest BCUT2D eigenvalue weighted by molar-refractivity contribution is -0.114. The predicted octanol–water partition coefficient (Wildman–Crippen LogP) is 1.54. The minimum Gasteiger partial charge on any atom is -0.370 e. The molecule has 1 aromatic carbocycles. The van der Waals surface area contributed by atoms with E-state index in [0.29, 0.717) is 10.6 Å². The molecule has 16 heavy (non-hydrogen) atoms. The molecule has 0 unspecified atom stereocenters. The third kappa shape index (κ3) is 3.40. The second-order valence-corrected chi connectivity index (χ2v) is 3.60. The summed E-state index contributed by atoms with van der Waals surface area (Å²) in [5, 5.41) is 0.569. The van der Waals surface area contributed by atoms with Gasteiger partial charge in [0.05, 0.1) is 0 Å². The van der Waals surface area contributed by atoms with Gasteiger partial charge in [-0.2, -0.15) is 4.99 Å². The van der Waals surface area contributed by atoms with E-state index in [4.69, 9.17) is 23.1 Å². The molecule has 1 rings (SSSR count). The smallest absolute Gasteiger partial charge is 0.275 e. The molecule has 0 aromatic heterocycles. The van der Waals surface area contributed by atoms with Gasteiger partial charge in [0.25, 0.3) is 5.91 Å². The average Bonchev–Trinajstić information content (AvgIpc) is 2.20. The number of aliphatic imine (C=N–C) groups is 1. The van der Waals surface area contributed by atoms with Crippen molar-refractivity contribution in [2.75, 3.05) is 0 Å². The topological polar surface area (TPSA) is 81.5 Å². The van der Waals surface area contributed by atoms with Crippen LogP contribution in [0.25, 0.3) is 6.08 Å². The van der Waals surface area contributed by atoms with Crippen LogP contribution in [0.2, 0.25) is 5.02 Å². The van der Waals surface area contributed by atoms with E-state index >= 15 is 0 Å². The van der Waals surface area contributed by atoms with Crippen LogP contribution in [0, 0.1) is 0 Å². The van der Waals surface area contributed by atoms with Crippen LogP contribution >= 0.6 is 11.6 Å². The van der Waals surface area contributed by atoms with Gasteiger partial charge in [-0.05, 0) is 24.6 Å². The van der Waals surface area contributed by atoms with Gasteiger partial charge in [-0.3, -0.25) is 4.79 Å². The van der Waals surface area contributed by atoms with Crippen LogP contribution in [0.3, 0.4) is 0 Å². The normalized spacial score (nSPS) is 11.0. The maximum Gasteiger partial charge on any atom is 0.275 e. The van der Waals surface area contributed by atoms with Crippen LogP contribution in [0.15, 0.2) is 34.8 Å². The number of rotatable bonds is 2. The Morgan fingerprint density at radius 2 is 2.00 bits per heavy atom. The molecule has 0 aliphatic carbocycles. The summed E-state index contributed by atoms with van der Waals surface area (Å²) < 4.78 is 0. The number of hydrogen-bond acceptors (Lipinski definition) is 1. The third-order valence-corrected chi connectivity index (χ3v) is 2.19. The number of halogens is 1. The minimum atomic E-state index is -0.472. The lowest BCUT2D eigenvalue weighted by Gasteiger charge is -1.99. The number of carbonyl (C=O) groups excluding carboxylic acids is 1. The van der Waals surface area contributed by atoms with E-state index in [2.05, 4.69) is 4.99 Å². The molecule has 0 aliphatic heterocycles. The molecule has 0 radical (unpaired) electrons. The van der Waals surface area contributed by atoms with Crippen LogP contribution < -0.4 is 11.5 Å². The van der Waals surface area contributed by atoms with Crippen molar-refractivity contribution in [3.05, 3.63) is 40.4 Å². The number of nitrogens with zero attached hydrogens (tertiary/aromatic N) is 1. The summed E-state index contributed by atoms with van der Waals surface area (Å²) >= 11 is 5.94. The predicted molar refractivity (Wildman–Crippen MR) is 65.9 cm³/mol. The van der Waals surface area contributed by atoms with Crippen molar-refractivity contribution in [2.45, 2.75) is 6.92 Å². The zero-order valence-corrected chi connectivity index (χ0v) is 9.53. The van der Waals surface area contributed by atoms with Crippen molar-refractivity contribution in [1.82, 2.24) is 0 Å². The Bertz CT molecular complexity index is 462. The lowest BCUT2D eigenvalue weighted by Crippen LogP contribution is -2.24. The molecule has 0 aliphatic rings. The van der Waals surface area contributed by atoms with Gasteiger partial charge in [0.15, 0.2) is 5.96 Å². The molecular weight excluding hydrogens is 226 g/mol. The molecule has 0 saturated carbocycles.